The number of hydrogen-bond acceptors (Lipinski definition) is 3. The Morgan fingerprint density at radius 1 is 1.26 bits per heavy atom. The third-order valence-corrected chi connectivity index (χ3v) is 3.27. The van der Waals surface area contributed by atoms with Crippen LogP contribution in [0.2, 0.25) is 0 Å². The van der Waals surface area contributed by atoms with Gasteiger partial charge in [0.25, 0.3) is 0 Å². The Morgan fingerprint density at radius 2 is 1.84 bits per heavy atom. The fourth-order valence-corrected chi connectivity index (χ4v) is 1.73. The van der Waals surface area contributed by atoms with E-state index in [-0.39, 0.29) is 18.0 Å². The number of amides is 1. The SMILES string of the molecule is COc1ccc([C@@H](C)NC(=O)CC(N)C(C)C)cc1. The monoisotopic (exact) mass is 264 g/mol. The largest absolute Gasteiger partial charge is 0.497 e. The van der Waals surface area contributed by atoms with Crippen molar-refractivity contribution in [1.82, 2.24) is 5.32 Å². The standard InChI is InChI=1S/C15H24N2O2/c1-10(2)14(16)9-15(18)17-11(3)12-5-7-13(19-4)8-6-12/h5-8,10-11,14H,9,16H2,1-4H3,(H,17,18)/t11-,14?/m1/s1. The van der Waals surface area contributed by atoms with Gasteiger partial charge in [0.1, 0.15) is 5.75 Å². The van der Waals surface area contributed by atoms with Crippen LogP contribution in [0.25, 0.3) is 0 Å². The topological polar surface area (TPSA) is 64.3 Å². The Kier molecular flexibility index (Phi) is 5.83. The summed E-state index contributed by atoms with van der Waals surface area (Å²) in [6.45, 7) is 6.00. The summed E-state index contributed by atoms with van der Waals surface area (Å²) in [7, 11) is 1.63. The van der Waals surface area contributed by atoms with Gasteiger partial charge in [0.2, 0.25) is 5.91 Å². The first-order valence-electron chi connectivity index (χ1n) is 6.63. The summed E-state index contributed by atoms with van der Waals surface area (Å²) >= 11 is 0. The zero-order valence-corrected chi connectivity index (χ0v) is 12.1. The predicted octanol–water partition coefficient (Wildman–Crippen LogP) is 2.25. The minimum absolute atomic E-state index is 0.00971. The van der Waals surface area contributed by atoms with Crippen molar-refractivity contribution in [2.24, 2.45) is 11.7 Å². The molecule has 0 aromatic heterocycles. The molecule has 1 unspecified atom stereocenters. The molecule has 1 aromatic carbocycles. The lowest BCUT2D eigenvalue weighted by Crippen LogP contribution is -2.35. The van der Waals surface area contributed by atoms with E-state index in [0.717, 1.165) is 11.3 Å². The zero-order chi connectivity index (χ0) is 14.4. The van der Waals surface area contributed by atoms with E-state index in [4.69, 9.17) is 10.5 Å². The Balaban J connectivity index is 2.53. The fourth-order valence-electron chi connectivity index (χ4n) is 1.73. The molecule has 0 aliphatic rings. The maximum atomic E-state index is 11.8. The van der Waals surface area contributed by atoms with Crippen molar-refractivity contribution in [2.45, 2.75) is 39.3 Å². The van der Waals surface area contributed by atoms with Crippen LogP contribution in [0.5, 0.6) is 5.75 Å². The van der Waals surface area contributed by atoms with E-state index >= 15 is 0 Å². The first-order valence-corrected chi connectivity index (χ1v) is 6.63. The van der Waals surface area contributed by atoms with Gasteiger partial charge in [-0.3, -0.25) is 4.79 Å². The van der Waals surface area contributed by atoms with Gasteiger partial charge in [0.05, 0.1) is 13.2 Å². The van der Waals surface area contributed by atoms with Crippen LogP contribution in [0, 0.1) is 5.92 Å². The molecular formula is C15H24N2O2. The second-order valence-corrected chi connectivity index (χ2v) is 5.17. The van der Waals surface area contributed by atoms with Crippen LogP contribution < -0.4 is 15.8 Å². The van der Waals surface area contributed by atoms with Crippen molar-refractivity contribution in [3.05, 3.63) is 29.8 Å². The van der Waals surface area contributed by atoms with Crippen molar-refractivity contribution in [2.75, 3.05) is 7.11 Å². The lowest BCUT2D eigenvalue weighted by atomic mass is 10.0. The zero-order valence-electron chi connectivity index (χ0n) is 12.1. The van der Waals surface area contributed by atoms with E-state index in [1.807, 2.05) is 45.0 Å². The molecule has 0 aliphatic heterocycles. The molecule has 1 aromatic rings. The van der Waals surface area contributed by atoms with Crippen LogP contribution in [-0.4, -0.2) is 19.1 Å². The highest BCUT2D eigenvalue weighted by Crippen LogP contribution is 2.17. The molecule has 0 saturated carbocycles. The quantitative estimate of drug-likeness (QED) is 0.828. The van der Waals surface area contributed by atoms with E-state index < -0.39 is 0 Å². The fraction of sp³-hybridized carbons (Fsp3) is 0.533. The molecule has 4 heteroatoms. The van der Waals surface area contributed by atoms with Crippen LogP contribution in [0.3, 0.4) is 0 Å². The highest BCUT2D eigenvalue weighted by Gasteiger charge is 2.15. The summed E-state index contributed by atoms with van der Waals surface area (Å²) in [5.74, 6) is 1.11. The maximum absolute atomic E-state index is 11.8. The molecule has 19 heavy (non-hydrogen) atoms. The molecule has 106 valence electrons. The molecule has 4 nitrogen and oxygen atoms in total. The number of methoxy groups -OCH3 is 1. The highest BCUT2D eigenvalue weighted by atomic mass is 16.5. The van der Waals surface area contributed by atoms with E-state index in [2.05, 4.69) is 5.32 Å². The normalized spacial score (nSPS) is 14.0. The van der Waals surface area contributed by atoms with Gasteiger partial charge in [-0.15, -0.1) is 0 Å². The lowest BCUT2D eigenvalue weighted by Gasteiger charge is -2.18. The summed E-state index contributed by atoms with van der Waals surface area (Å²) in [6.07, 6.45) is 0.359. The number of rotatable bonds is 6. The molecule has 0 radical (unpaired) electrons. The number of carbonyl (C=O) groups is 1. The Morgan fingerprint density at radius 3 is 2.32 bits per heavy atom. The van der Waals surface area contributed by atoms with Gasteiger partial charge in [0, 0.05) is 12.5 Å². The third kappa shape index (κ3) is 4.91. The number of nitrogens with two attached hydrogens (primary N) is 1. The molecule has 0 saturated heterocycles. The van der Waals surface area contributed by atoms with Crippen LogP contribution in [-0.2, 0) is 4.79 Å². The van der Waals surface area contributed by atoms with E-state index in [0.29, 0.717) is 12.3 Å². The molecule has 3 N–H and O–H groups in total. The van der Waals surface area contributed by atoms with Gasteiger partial charge in [0.15, 0.2) is 0 Å². The van der Waals surface area contributed by atoms with Gasteiger partial charge in [-0.2, -0.15) is 0 Å². The first-order chi connectivity index (χ1) is 8.93. The molecule has 0 fully saturated rings. The minimum Gasteiger partial charge on any atom is -0.497 e. The number of ether oxygens (including phenoxy) is 1. The van der Waals surface area contributed by atoms with Crippen LogP contribution in [0.4, 0.5) is 0 Å². The minimum atomic E-state index is -0.0944. The first kappa shape index (κ1) is 15.5. The van der Waals surface area contributed by atoms with E-state index in [9.17, 15) is 4.79 Å². The summed E-state index contributed by atoms with van der Waals surface area (Å²) in [5, 5.41) is 2.96. The number of hydrogen-bond donors (Lipinski definition) is 2. The Hall–Kier alpha value is -1.55. The molecular weight excluding hydrogens is 240 g/mol. The molecule has 1 amide bonds. The van der Waals surface area contributed by atoms with Crippen molar-refractivity contribution in [1.29, 1.82) is 0 Å². The lowest BCUT2D eigenvalue weighted by molar-refractivity contribution is -0.122. The predicted molar refractivity (Wildman–Crippen MR) is 77.0 cm³/mol. The third-order valence-electron chi connectivity index (χ3n) is 3.27. The van der Waals surface area contributed by atoms with Crippen molar-refractivity contribution >= 4 is 5.91 Å². The van der Waals surface area contributed by atoms with Crippen LogP contribution >= 0.6 is 0 Å². The van der Waals surface area contributed by atoms with Gasteiger partial charge < -0.3 is 15.8 Å². The average Bonchev–Trinajstić information content (AvgIpc) is 2.38. The maximum Gasteiger partial charge on any atom is 0.222 e. The second-order valence-electron chi connectivity index (χ2n) is 5.17. The van der Waals surface area contributed by atoms with Gasteiger partial charge >= 0.3 is 0 Å². The molecule has 0 bridgehead atoms. The number of carbonyl (C=O) groups excluding carboxylic acids is 1. The van der Waals surface area contributed by atoms with E-state index in [1.165, 1.54) is 0 Å². The van der Waals surface area contributed by atoms with Crippen LogP contribution in [0.15, 0.2) is 24.3 Å². The molecule has 2 atom stereocenters. The van der Waals surface area contributed by atoms with Crippen molar-refractivity contribution in [3.63, 3.8) is 0 Å². The Labute approximate surface area is 115 Å². The summed E-state index contributed by atoms with van der Waals surface area (Å²) in [4.78, 5) is 11.8. The van der Waals surface area contributed by atoms with Crippen molar-refractivity contribution < 1.29 is 9.53 Å². The summed E-state index contributed by atoms with van der Waals surface area (Å²) < 4.78 is 5.11. The molecule has 0 aliphatic carbocycles. The molecule has 0 spiro atoms. The second kappa shape index (κ2) is 7.14. The average molecular weight is 264 g/mol. The Bertz CT molecular complexity index is 401. The van der Waals surface area contributed by atoms with Gasteiger partial charge in [-0.1, -0.05) is 26.0 Å². The number of benzene rings is 1. The molecule has 0 heterocycles. The summed E-state index contributed by atoms with van der Waals surface area (Å²) in [5.41, 5.74) is 6.94. The smallest absolute Gasteiger partial charge is 0.222 e. The highest BCUT2D eigenvalue weighted by molar-refractivity contribution is 5.77. The number of nitrogens with one attached hydrogen (secondary N) is 1. The van der Waals surface area contributed by atoms with Gasteiger partial charge in [-0.25, -0.2) is 0 Å². The van der Waals surface area contributed by atoms with Crippen molar-refractivity contribution in [3.8, 4) is 5.75 Å². The molecule has 1 rings (SSSR count). The van der Waals surface area contributed by atoms with Gasteiger partial charge in [-0.05, 0) is 30.5 Å². The summed E-state index contributed by atoms with van der Waals surface area (Å²) in [6, 6.07) is 7.55. The van der Waals surface area contributed by atoms with Crippen LogP contribution in [0.1, 0.15) is 38.8 Å². The van der Waals surface area contributed by atoms with E-state index in [1.54, 1.807) is 7.11 Å².